The summed E-state index contributed by atoms with van der Waals surface area (Å²) in [5.74, 6) is -1.23. The fraction of sp³-hybridized carbons (Fsp3) is 0.238. The molecular weight excluding hydrogens is 344 g/mol. The number of nitrogens with zero attached hydrogens (tertiary/aromatic N) is 1. The molecule has 0 unspecified atom stereocenters. The van der Waals surface area contributed by atoms with Crippen LogP contribution < -0.4 is 5.32 Å². The van der Waals surface area contributed by atoms with Crippen LogP contribution in [-0.4, -0.2) is 24.3 Å². The van der Waals surface area contributed by atoms with Crippen LogP contribution in [0.4, 0.5) is 5.69 Å². The monoisotopic (exact) mass is 364 g/mol. The minimum atomic E-state index is -0.608. The van der Waals surface area contributed by atoms with Gasteiger partial charge in [-0.15, -0.1) is 0 Å². The Morgan fingerprint density at radius 3 is 2.41 bits per heavy atom. The van der Waals surface area contributed by atoms with Crippen molar-refractivity contribution in [3.8, 4) is 6.07 Å². The molecule has 2 aromatic rings. The number of esters is 1. The summed E-state index contributed by atoms with van der Waals surface area (Å²) in [6.45, 7) is 3.31. The molecule has 0 aliphatic rings. The Bertz CT molecular complexity index is 895. The predicted octanol–water partition coefficient (Wildman–Crippen LogP) is 3.32. The second-order valence-electron chi connectivity index (χ2n) is 6.14. The van der Waals surface area contributed by atoms with Gasteiger partial charge in [0.15, 0.2) is 12.4 Å². The molecule has 138 valence electrons. The zero-order valence-corrected chi connectivity index (χ0v) is 15.2. The highest BCUT2D eigenvalue weighted by atomic mass is 16.5. The second kappa shape index (κ2) is 9.30. The van der Waals surface area contributed by atoms with Crippen LogP contribution in [0.25, 0.3) is 0 Å². The van der Waals surface area contributed by atoms with Crippen molar-refractivity contribution in [1.82, 2.24) is 0 Å². The number of ether oxygens (including phenoxy) is 1. The first-order valence-electron chi connectivity index (χ1n) is 8.45. The maximum atomic E-state index is 12.2. The Hall–Kier alpha value is -3.46. The van der Waals surface area contributed by atoms with Gasteiger partial charge in [0.1, 0.15) is 0 Å². The van der Waals surface area contributed by atoms with E-state index in [0.717, 1.165) is 11.1 Å². The Balaban J connectivity index is 1.76. The number of hydrogen-bond donors (Lipinski definition) is 1. The van der Waals surface area contributed by atoms with Gasteiger partial charge in [-0.1, -0.05) is 17.7 Å². The molecule has 0 saturated carbocycles. The number of aryl methyl sites for hydroxylation is 2. The molecule has 6 nitrogen and oxygen atoms in total. The summed E-state index contributed by atoms with van der Waals surface area (Å²) in [6, 6.07) is 13.9. The zero-order chi connectivity index (χ0) is 19.8. The van der Waals surface area contributed by atoms with Crippen molar-refractivity contribution in [2.45, 2.75) is 26.7 Å². The SMILES string of the molecule is Cc1ccc(C)c(C(=O)CCC(=O)OCC(=O)Nc2ccc(C#N)cc2)c1. The average molecular weight is 364 g/mol. The van der Waals surface area contributed by atoms with E-state index in [1.54, 1.807) is 30.3 Å². The van der Waals surface area contributed by atoms with E-state index in [9.17, 15) is 14.4 Å². The van der Waals surface area contributed by atoms with Crippen molar-refractivity contribution >= 4 is 23.3 Å². The Morgan fingerprint density at radius 1 is 1.04 bits per heavy atom. The van der Waals surface area contributed by atoms with E-state index in [2.05, 4.69) is 5.32 Å². The van der Waals surface area contributed by atoms with Gasteiger partial charge in [0, 0.05) is 17.7 Å². The molecule has 2 aromatic carbocycles. The fourth-order valence-corrected chi connectivity index (χ4v) is 2.43. The lowest BCUT2D eigenvalue weighted by Crippen LogP contribution is -2.21. The first-order valence-corrected chi connectivity index (χ1v) is 8.45. The zero-order valence-electron chi connectivity index (χ0n) is 15.2. The highest BCUT2D eigenvalue weighted by Gasteiger charge is 2.14. The summed E-state index contributed by atoms with van der Waals surface area (Å²) in [6.07, 6.45) is -0.0588. The van der Waals surface area contributed by atoms with E-state index in [1.807, 2.05) is 32.0 Å². The summed E-state index contributed by atoms with van der Waals surface area (Å²) in [5, 5.41) is 11.3. The number of amides is 1. The number of nitriles is 1. The van der Waals surface area contributed by atoms with Crippen LogP contribution in [0.1, 0.15) is 39.9 Å². The molecule has 0 saturated heterocycles. The molecule has 0 heterocycles. The van der Waals surface area contributed by atoms with Crippen molar-refractivity contribution in [1.29, 1.82) is 5.26 Å². The second-order valence-corrected chi connectivity index (χ2v) is 6.14. The van der Waals surface area contributed by atoms with E-state index >= 15 is 0 Å². The lowest BCUT2D eigenvalue weighted by molar-refractivity contribution is -0.147. The number of ketones is 1. The molecule has 0 fully saturated rings. The van der Waals surface area contributed by atoms with Crippen LogP contribution in [0, 0.1) is 25.2 Å². The summed E-state index contributed by atoms with van der Waals surface area (Å²) >= 11 is 0. The van der Waals surface area contributed by atoms with Gasteiger partial charge in [-0.2, -0.15) is 5.26 Å². The molecule has 0 spiro atoms. The number of nitrogens with one attached hydrogen (secondary N) is 1. The molecule has 0 radical (unpaired) electrons. The van der Waals surface area contributed by atoms with Crippen molar-refractivity contribution in [2.24, 2.45) is 0 Å². The quantitative estimate of drug-likeness (QED) is 0.600. The van der Waals surface area contributed by atoms with E-state index in [-0.39, 0.29) is 18.6 Å². The van der Waals surface area contributed by atoms with Crippen LogP contribution in [-0.2, 0) is 14.3 Å². The van der Waals surface area contributed by atoms with Gasteiger partial charge < -0.3 is 10.1 Å². The minimum absolute atomic E-state index is 0.0281. The first kappa shape index (κ1) is 19.9. The van der Waals surface area contributed by atoms with Crippen LogP contribution >= 0.6 is 0 Å². The molecule has 1 N–H and O–H groups in total. The average Bonchev–Trinajstić information content (AvgIpc) is 2.67. The lowest BCUT2D eigenvalue weighted by Gasteiger charge is -2.08. The van der Waals surface area contributed by atoms with Crippen molar-refractivity contribution in [3.63, 3.8) is 0 Å². The number of anilines is 1. The van der Waals surface area contributed by atoms with Crippen LogP contribution in [0.5, 0.6) is 0 Å². The van der Waals surface area contributed by atoms with Gasteiger partial charge in [-0.3, -0.25) is 14.4 Å². The van der Waals surface area contributed by atoms with Crippen molar-refractivity contribution < 1.29 is 19.1 Å². The predicted molar refractivity (Wildman–Crippen MR) is 100 cm³/mol. The molecule has 0 aromatic heterocycles. The Kier molecular flexibility index (Phi) is 6.84. The molecular formula is C21H20N2O4. The van der Waals surface area contributed by atoms with Crippen LogP contribution in [0.15, 0.2) is 42.5 Å². The van der Waals surface area contributed by atoms with Gasteiger partial charge in [-0.25, -0.2) is 0 Å². The van der Waals surface area contributed by atoms with E-state index in [1.165, 1.54) is 0 Å². The minimum Gasteiger partial charge on any atom is -0.456 e. The molecule has 0 bridgehead atoms. The molecule has 6 heteroatoms. The van der Waals surface area contributed by atoms with E-state index in [0.29, 0.717) is 16.8 Å². The number of hydrogen-bond acceptors (Lipinski definition) is 5. The number of benzene rings is 2. The summed E-state index contributed by atoms with van der Waals surface area (Å²) in [7, 11) is 0. The molecule has 2 rings (SSSR count). The van der Waals surface area contributed by atoms with Gasteiger partial charge in [0.05, 0.1) is 18.1 Å². The van der Waals surface area contributed by atoms with Gasteiger partial charge in [0.25, 0.3) is 5.91 Å². The van der Waals surface area contributed by atoms with Crippen molar-refractivity contribution in [2.75, 3.05) is 11.9 Å². The molecule has 0 aliphatic heterocycles. The highest BCUT2D eigenvalue weighted by molar-refractivity contribution is 5.99. The van der Waals surface area contributed by atoms with Gasteiger partial charge in [0.2, 0.25) is 0 Å². The molecule has 0 aliphatic carbocycles. The Morgan fingerprint density at radius 2 is 1.74 bits per heavy atom. The number of rotatable bonds is 7. The fourth-order valence-electron chi connectivity index (χ4n) is 2.43. The van der Waals surface area contributed by atoms with Crippen LogP contribution in [0.3, 0.4) is 0 Å². The summed E-state index contributed by atoms with van der Waals surface area (Å²) in [4.78, 5) is 35.8. The summed E-state index contributed by atoms with van der Waals surface area (Å²) < 4.78 is 4.91. The third kappa shape index (κ3) is 6.08. The smallest absolute Gasteiger partial charge is 0.306 e. The normalized spacial score (nSPS) is 9.96. The Labute approximate surface area is 157 Å². The number of Topliss-reactive ketones (excluding diaryl/α,β-unsaturated/α-hetero) is 1. The third-order valence-electron chi connectivity index (χ3n) is 3.91. The van der Waals surface area contributed by atoms with E-state index < -0.39 is 18.5 Å². The third-order valence-corrected chi connectivity index (χ3v) is 3.91. The standard InChI is InChI=1S/C21H20N2O4/c1-14-3-4-15(2)18(11-14)19(24)9-10-21(26)27-13-20(25)23-17-7-5-16(12-22)6-8-17/h3-8,11H,9-10,13H2,1-2H3,(H,23,25). The largest absolute Gasteiger partial charge is 0.456 e. The van der Waals surface area contributed by atoms with Gasteiger partial charge >= 0.3 is 5.97 Å². The maximum Gasteiger partial charge on any atom is 0.306 e. The topological polar surface area (TPSA) is 96.3 Å². The highest BCUT2D eigenvalue weighted by Crippen LogP contribution is 2.14. The molecule has 1 amide bonds. The van der Waals surface area contributed by atoms with Gasteiger partial charge in [-0.05, 0) is 49.7 Å². The maximum absolute atomic E-state index is 12.2. The number of carbonyl (C=O) groups excluding carboxylic acids is 3. The first-order chi connectivity index (χ1) is 12.9. The van der Waals surface area contributed by atoms with Crippen molar-refractivity contribution in [3.05, 3.63) is 64.7 Å². The summed E-state index contributed by atoms with van der Waals surface area (Å²) in [5.41, 5.74) is 3.42. The van der Waals surface area contributed by atoms with E-state index in [4.69, 9.17) is 10.00 Å². The van der Waals surface area contributed by atoms with Crippen LogP contribution in [0.2, 0.25) is 0 Å². The number of carbonyl (C=O) groups is 3. The lowest BCUT2D eigenvalue weighted by atomic mass is 9.99. The molecule has 0 atom stereocenters. The molecule has 27 heavy (non-hydrogen) atoms.